The van der Waals surface area contributed by atoms with Crippen molar-refractivity contribution in [1.82, 2.24) is 15.1 Å². The van der Waals surface area contributed by atoms with Crippen LogP contribution in [0.4, 0.5) is 6.01 Å². The van der Waals surface area contributed by atoms with Crippen molar-refractivity contribution in [1.29, 1.82) is 0 Å². The van der Waals surface area contributed by atoms with E-state index in [1.807, 2.05) is 32.0 Å². The molecular formula is C17H18N4O4. The summed E-state index contributed by atoms with van der Waals surface area (Å²) in [5, 5.41) is 10.1. The molecule has 0 radical (unpaired) electrons. The normalized spacial score (nSPS) is 14.2. The van der Waals surface area contributed by atoms with Gasteiger partial charge in [-0.3, -0.25) is 24.6 Å². The number of likely N-dealkylation sites (tertiary alicyclic amines) is 1. The van der Waals surface area contributed by atoms with Crippen molar-refractivity contribution in [2.75, 3.05) is 11.9 Å². The van der Waals surface area contributed by atoms with E-state index in [0.29, 0.717) is 12.3 Å². The maximum atomic E-state index is 11.9. The number of carbonyl (C=O) groups is 3. The van der Waals surface area contributed by atoms with Gasteiger partial charge in [0.2, 0.25) is 23.6 Å². The number of imide groups is 1. The number of anilines is 1. The molecule has 1 N–H and O–H groups in total. The quantitative estimate of drug-likeness (QED) is 0.823. The monoisotopic (exact) mass is 342 g/mol. The SMILES string of the molecule is Cc1ccc(Cc2nnc(NC(=O)CN3C(=O)CCC3=O)o2)cc1C. The van der Waals surface area contributed by atoms with Crippen LogP contribution in [0.3, 0.4) is 0 Å². The average molecular weight is 342 g/mol. The van der Waals surface area contributed by atoms with E-state index in [1.165, 1.54) is 11.1 Å². The molecular weight excluding hydrogens is 324 g/mol. The Bertz CT molecular complexity index is 827. The number of aromatic nitrogens is 2. The molecule has 25 heavy (non-hydrogen) atoms. The Morgan fingerprint density at radius 2 is 1.88 bits per heavy atom. The topological polar surface area (TPSA) is 105 Å². The summed E-state index contributed by atoms with van der Waals surface area (Å²) in [6, 6.07) is 5.99. The second kappa shape index (κ2) is 6.84. The van der Waals surface area contributed by atoms with Gasteiger partial charge in [0.1, 0.15) is 6.54 Å². The van der Waals surface area contributed by atoms with Crippen LogP contribution in [0.2, 0.25) is 0 Å². The summed E-state index contributed by atoms with van der Waals surface area (Å²) in [6.45, 7) is 3.72. The minimum atomic E-state index is -0.551. The van der Waals surface area contributed by atoms with Gasteiger partial charge < -0.3 is 4.42 Å². The number of nitrogens with zero attached hydrogens (tertiary/aromatic N) is 3. The van der Waals surface area contributed by atoms with Gasteiger partial charge in [0.15, 0.2) is 0 Å². The minimum Gasteiger partial charge on any atom is -0.407 e. The molecule has 0 aliphatic carbocycles. The summed E-state index contributed by atoms with van der Waals surface area (Å²) in [7, 11) is 0. The van der Waals surface area contributed by atoms with E-state index in [2.05, 4.69) is 15.5 Å². The van der Waals surface area contributed by atoms with Crippen LogP contribution in [0, 0.1) is 13.8 Å². The molecule has 0 bridgehead atoms. The van der Waals surface area contributed by atoms with E-state index in [-0.39, 0.29) is 37.2 Å². The lowest BCUT2D eigenvalue weighted by molar-refractivity contribution is -0.141. The van der Waals surface area contributed by atoms with Crippen LogP contribution in [0.1, 0.15) is 35.4 Å². The molecule has 0 atom stereocenters. The number of carbonyl (C=O) groups excluding carboxylic acids is 3. The summed E-state index contributed by atoms with van der Waals surface area (Å²) in [4.78, 5) is 35.9. The molecule has 1 fully saturated rings. The Labute approximate surface area is 144 Å². The van der Waals surface area contributed by atoms with Crippen molar-refractivity contribution >= 4 is 23.7 Å². The highest BCUT2D eigenvalue weighted by molar-refractivity contribution is 6.05. The smallest absolute Gasteiger partial charge is 0.322 e. The zero-order valence-electron chi connectivity index (χ0n) is 14.0. The van der Waals surface area contributed by atoms with E-state index >= 15 is 0 Å². The van der Waals surface area contributed by atoms with Crippen LogP contribution in [0.25, 0.3) is 0 Å². The first-order chi connectivity index (χ1) is 11.9. The molecule has 0 spiro atoms. The maximum Gasteiger partial charge on any atom is 0.322 e. The van der Waals surface area contributed by atoms with E-state index in [9.17, 15) is 14.4 Å². The van der Waals surface area contributed by atoms with E-state index in [4.69, 9.17) is 4.42 Å². The third kappa shape index (κ3) is 3.90. The Balaban J connectivity index is 1.59. The van der Waals surface area contributed by atoms with Gasteiger partial charge in [0.25, 0.3) is 0 Å². The van der Waals surface area contributed by atoms with Crippen LogP contribution in [-0.4, -0.2) is 39.4 Å². The van der Waals surface area contributed by atoms with Gasteiger partial charge in [-0.15, -0.1) is 5.10 Å². The fourth-order valence-corrected chi connectivity index (χ4v) is 2.57. The van der Waals surface area contributed by atoms with E-state index in [0.717, 1.165) is 10.5 Å². The summed E-state index contributed by atoms with van der Waals surface area (Å²) < 4.78 is 5.40. The molecule has 1 aromatic heterocycles. The molecule has 0 unspecified atom stereocenters. The second-order valence-corrected chi connectivity index (χ2v) is 6.02. The third-order valence-electron chi connectivity index (χ3n) is 4.10. The van der Waals surface area contributed by atoms with Crippen LogP contribution in [0.5, 0.6) is 0 Å². The highest BCUT2D eigenvalue weighted by Gasteiger charge is 2.30. The fraction of sp³-hybridized carbons (Fsp3) is 0.353. The van der Waals surface area contributed by atoms with Gasteiger partial charge >= 0.3 is 6.01 Å². The first kappa shape index (κ1) is 16.8. The van der Waals surface area contributed by atoms with Gasteiger partial charge in [-0.05, 0) is 30.5 Å². The first-order valence-electron chi connectivity index (χ1n) is 7.94. The lowest BCUT2D eigenvalue weighted by Gasteiger charge is -2.11. The molecule has 1 aliphatic rings. The molecule has 1 aliphatic heterocycles. The zero-order chi connectivity index (χ0) is 18.0. The van der Waals surface area contributed by atoms with Gasteiger partial charge in [-0.1, -0.05) is 23.3 Å². The summed E-state index contributed by atoms with van der Waals surface area (Å²) >= 11 is 0. The Hall–Kier alpha value is -3.03. The molecule has 8 heteroatoms. The number of nitrogens with one attached hydrogen (secondary N) is 1. The highest BCUT2D eigenvalue weighted by atomic mass is 16.4. The predicted molar refractivity (Wildman–Crippen MR) is 87.6 cm³/mol. The molecule has 1 aromatic carbocycles. The lowest BCUT2D eigenvalue weighted by Crippen LogP contribution is -2.36. The molecule has 2 heterocycles. The van der Waals surface area contributed by atoms with Gasteiger partial charge in [-0.2, -0.15) is 0 Å². The predicted octanol–water partition coefficient (Wildman–Crippen LogP) is 1.36. The zero-order valence-corrected chi connectivity index (χ0v) is 14.0. The molecule has 2 aromatic rings. The number of rotatable bonds is 5. The van der Waals surface area contributed by atoms with Crippen LogP contribution < -0.4 is 5.32 Å². The Morgan fingerprint density at radius 3 is 2.56 bits per heavy atom. The third-order valence-corrected chi connectivity index (χ3v) is 4.10. The van der Waals surface area contributed by atoms with Crippen molar-refractivity contribution in [3.05, 3.63) is 40.8 Å². The second-order valence-electron chi connectivity index (χ2n) is 6.02. The number of hydrogen-bond donors (Lipinski definition) is 1. The van der Waals surface area contributed by atoms with E-state index < -0.39 is 5.91 Å². The number of amides is 3. The minimum absolute atomic E-state index is 0.0528. The van der Waals surface area contributed by atoms with Gasteiger partial charge in [-0.25, -0.2) is 0 Å². The summed E-state index contributed by atoms with van der Waals surface area (Å²) in [6.07, 6.45) is 0.743. The van der Waals surface area contributed by atoms with Crippen molar-refractivity contribution in [3.8, 4) is 0 Å². The average Bonchev–Trinajstić information content (AvgIpc) is 3.12. The largest absolute Gasteiger partial charge is 0.407 e. The molecule has 0 saturated carbocycles. The van der Waals surface area contributed by atoms with Crippen LogP contribution >= 0.6 is 0 Å². The first-order valence-corrected chi connectivity index (χ1v) is 7.94. The van der Waals surface area contributed by atoms with Crippen LogP contribution in [-0.2, 0) is 20.8 Å². The summed E-state index contributed by atoms with van der Waals surface area (Å²) in [5.41, 5.74) is 3.40. The highest BCUT2D eigenvalue weighted by Crippen LogP contribution is 2.15. The van der Waals surface area contributed by atoms with Crippen LogP contribution in [0.15, 0.2) is 22.6 Å². The molecule has 1 saturated heterocycles. The number of benzene rings is 1. The maximum absolute atomic E-state index is 11.9. The van der Waals surface area contributed by atoms with Gasteiger partial charge in [0.05, 0.1) is 6.42 Å². The summed E-state index contributed by atoms with van der Waals surface area (Å²) in [5.74, 6) is -0.876. The molecule has 3 rings (SSSR count). The molecule has 8 nitrogen and oxygen atoms in total. The standard InChI is InChI=1S/C17H18N4O4/c1-10-3-4-12(7-11(10)2)8-14-19-20-17(25-14)18-13(22)9-21-15(23)5-6-16(21)24/h3-4,7H,5-6,8-9H2,1-2H3,(H,18,20,22). The number of hydrogen-bond acceptors (Lipinski definition) is 6. The number of aryl methyl sites for hydroxylation is 2. The fourth-order valence-electron chi connectivity index (χ4n) is 2.57. The van der Waals surface area contributed by atoms with Crippen molar-refractivity contribution in [3.63, 3.8) is 0 Å². The lowest BCUT2D eigenvalue weighted by atomic mass is 10.0. The molecule has 3 amide bonds. The van der Waals surface area contributed by atoms with E-state index in [1.54, 1.807) is 0 Å². The Kier molecular flexibility index (Phi) is 4.60. The van der Waals surface area contributed by atoms with Gasteiger partial charge in [0, 0.05) is 12.8 Å². The van der Waals surface area contributed by atoms with Crippen molar-refractivity contribution in [2.24, 2.45) is 0 Å². The molecule has 130 valence electrons. The van der Waals surface area contributed by atoms with Crippen molar-refractivity contribution < 1.29 is 18.8 Å². The van der Waals surface area contributed by atoms with Crippen molar-refractivity contribution in [2.45, 2.75) is 33.1 Å². The Morgan fingerprint density at radius 1 is 1.16 bits per heavy atom.